The lowest BCUT2D eigenvalue weighted by atomic mass is 10.1. The lowest BCUT2D eigenvalue weighted by Crippen LogP contribution is -2.41. The van der Waals surface area contributed by atoms with Crippen LogP contribution in [0.15, 0.2) is 24.3 Å². The van der Waals surface area contributed by atoms with Gasteiger partial charge in [-0.15, -0.1) is 0 Å². The van der Waals surface area contributed by atoms with E-state index in [0.29, 0.717) is 19.0 Å². The van der Waals surface area contributed by atoms with E-state index in [1.165, 1.54) is 30.5 Å². The summed E-state index contributed by atoms with van der Waals surface area (Å²) in [4.78, 5) is 25.7. The van der Waals surface area contributed by atoms with Crippen LogP contribution in [0.3, 0.4) is 0 Å². The van der Waals surface area contributed by atoms with Crippen LogP contribution >= 0.6 is 0 Å². The highest BCUT2D eigenvalue weighted by atomic mass is 16.2. The van der Waals surface area contributed by atoms with Crippen molar-refractivity contribution in [1.82, 2.24) is 10.6 Å². The van der Waals surface area contributed by atoms with E-state index < -0.39 is 11.8 Å². The molecule has 5 nitrogen and oxygen atoms in total. The molecule has 0 atom stereocenters. The molecule has 0 bridgehead atoms. The fourth-order valence-corrected chi connectivity index (χ4v) is 2.80. The minimum absolute atomic E-state index is 0.333. The van der Waals surface area contributed by atoms with Gasteiger partial charge in [0, 0.05) is 31.9 Å². The van der Waals surface area contributed by atoms with Crippen molar-refractivity contribution in [2.75, 3.05) is 31.1 Å². The standard InChI is InChI=1S/C19H29N3O2/c1-15(2)14-21-19(24)18(23)20-11-10-16-6-8-17(9-7-16)22-12-4-3-5-13-22/h6-9,15H,3-5,10-14H2,1-2H3,(H,20,23)(H,21,24). The number of carbonyl (C=O) groups excluding carboxylic acids is 2. The molecule has 0 aromatic heterocycles. The maximum absolute atomic E-state index is 11.7. The van der Waals surface area contributed by atoms with Crippen molar-refractivity contribution < 1.29 is 9.59 Å². The Morgan fingerprint density at radius 3 is 2.25 bits per heavy atom. The number of anilines is 1. The lowest BCUT2D eigenvalue weighted by Gasteiger charge is -2.28. The van der Waals surface area contributed by atoms with Crippen molar-refractivity contribution in [2.24, 2.45) is 5.92 Å². The SMILES string of the molecule is CC(C)CNC(=O)C(=O)NCCc1ccc(N2CCCCC2)cc1. The quantitative estimate of drug-likeness (QED) is 0.785. The first kappa shape index (κ1) is 18.3. The molecule has 1 aliphatic rings. The van der Waals surface area contributed by atoms with E-state index in [-0.39, 0.29) is 0 Å². The molecule has 0 spiro atoms. The molecule has 1 heterocycles. The molecule has 0 radical (unpaired) electrons. The first-order chi connectivity index (χ1) is 11.6. The third-order valence-corrected chi connectivity index (χ3v) is 4.23. The fraction of sp³-hybridized carbons (Fsp3) is 0.579. The number of nitrogens with one attached hydrogen (secondary N) is 2. The predicted octanol–water partition coefficient (Wildman–Crippen LogP) is 2.11. The lowest BCUT2D eigenvalue weighted by molar-refractivity contribution is -0.139. The number of hydrogen-bond donors (Lipinski definition) is 2. The van der Waals surface area contributed by atoms with E-state index >= 15 is 0 Å². The number of nitrogens with zero attached hydrogens (tertiary/aromatic N) is 1. The summed E-state index contributed by atoms with van der Waals surface area (Å²) in [5.74, 6) is -0.773. The number of piperidine rings is 1. The van der Waals surface area contributed by atoms with Gasteiger partial charge in [-0.1, -0.05) is 26.0 Å². The van der Waals surface area contributed by atoms with Crippen LogP contribution in [0.1, 0.15) is 38.7 Å². The maximum atomic E-state index is 11.7. The predicted molar refractivity (Wildman–Crippen MR) is 97.1 cm³/mol. The van der Waals surface area contributed by atoms with Crippen molar-refractivity contribution in [3.8, 4) is 0 Å². The van der Waals surface area contributed by atoms with Crippen molar-refractivity contribution >= 4 is 17.5 Å². The average molecular weight is 331 g/mol. The van der Waals surface area contributed by atoms with Gasteiger partial charge in [-0.3, -0.25) is 9.59 Å². The molecule has 2 rings (SSSR count). The van der Waals surface area contributed by atoms with Gasteiger partial charge in [0.15, 0.2) is 0 Å². The molecule has 0 aliphatic carbocycles. The largest absolute Gasteiger partial charge is 0.372 e. The van der Waals surface area contributed by atoms with Gasteiger partial charge in [0.2, 0.25) is 0 Å². The molecule has 2 N–H and O–H groups in total. The van der Waals surface area contributed by atoms with Crippen molar-refractivity contribution in [3.63, 3.8) is 0 Å². The van der Waals surface area contributed by atoms with Crippen molar-refractivity contribution in [1.29, 1.82) is 0 Å². The van der Waals surface area contributed by atoms with E-state index in [1.807, 2.05) is 13.8 Å². The summed E-state index contributed by atoms with van der Waals surface area (Å²) in [6, 6.07) is 8.51. The highest BCUT2D eigenvalue weighted by Crippen LogP contribution is 2.20. The molecule has 132 valence electrons. The molecular weight excluding hydrogens is 302 g/mol. The Balaban J connectivity index is 1.72. The highest BCUT2D eigenvalue weighted by Gasteiger charge is 2.13. The zero-order chi connectivity index (χ0) is 17.4. The third-order valence-electron chi connectivity index (χ3n) is 4.23. The Morgan fingerprint density at radius 2 is 1.62 bits per heavy atom. The minimum Gasteiger partial charge on any atom is -0.372 e. The van der Waals surface area contributed by atoms with Gasteiger partial charge in [-0.2, -0.15) is 0 Å². The Bertz CT molecular complexity index is 534. The first-order valence-corrected chi connectivity index (χ1v) is 8.96. The third kappa shape index (κ3) is 5.87. The minimum atomic E-state index is -0.555. The molecular formula is C19H29N3O2. The van der Waals surface area contributed by atoms with Crippen molar-refractivity contribution in [2.45, 2.75) is 39.5 Å². The van der Waals surface area contributed by atoms with Gasteiger partial charge in [-0.05, 0) is 49.3 Å². The molecule has 5 heteroatoms. The smallest absolute Gasteiger partial charge is 0.309 e. The average Bonchev–Trinajstić information content (AvgIpc) is 2.61. The summed E-state index contributed by atoms with van der Waals surface area (Å²) in [5, 5.41) is 5.29. The van der Waals surface area contributed by atoms with Gasteiger partial charge < -0.3 is 15.5 Å². The molecule has 1 aromatic carbocycles. The van der Waals surface area contributed by atoms with Crippen LogP contribution in [0.25, 0.3) is 0 Å². The molecule has 1 fully saturated rings. The second-order valence-corrected chi connectivity index (χ2v) is 6.82. The van der Waals surface area contributed by atoms with E-state index in [4.69, 9.17) is 0 Å². The van der Waals surface area contributed by atoms with Crippen LogP contribution in [0, 0.1) is 5.92 Å². The van der Waals surface area contributed by atoms with Gasteiger partial charge in [0.25, 0.3) is 0 Å². The summed E-state index contributed by atoms with van der Waals surface area (Å²) in [6.45, 7) is 7.25. The highest BCUT2D eigenvalue weighted by molar-refractivity contribution is 6.35. The van der Waals surface area contributed by atoms with Crippen LogP contribution in [0.2, 0.25) is 0 Å². The fourth-order valence-electron chi connectivity index (χ4n) is 2.80. The number of hydrogen-bond acceptors (Lipinski definition) is 3. The van der Waals surface area contributed by atoms with Crippen LogP contribution < -0.4 is 15.5 Å². The van der Waals surface area contributed by atoms with Crippen LogP contribution in [-0.2, 0) is 16.0 Å². The van der Waals surface area contributed by atoms with Crippen molar-refractivity contribution in [3.05, 3.63) is 29.8 Å². The number of rotatable bonds is 6. The monoisotopic (exact) mass is 331 g/mol. The van der Waals surface area contributed by atoms with E-state index in [0.717, 1.165) is 19.5 Å². The van der Waals surface area contributed by atoms with Gasteiger partial charge >= 0.3 is 11.8 Å². The first-order valence-electron chi connectivity index (χ1n) is 8.96. The summed E-state index contributed by atoms with van der Waals surface area (Å²) in [7, 11) is 0. The Hall–Kier alpha value is -2.04. The number of carbonyl (C=O) groups is 2. The van der Waals surface area contributed by atoms with E-state index in [9.17, 15) is 9.59 Å². The van der Waals surface area contributed by atoms with E-state index in [1.54, 1.807) is 0 Å². The Morgan fingerprint density at radius 1 is 1.00 bits per heavy atom. The van der Waals surface area contributed by atoms with Gasteiger partial charge in [0.05, 0.1) is 0 Å². The number of benzene rings is 1. The Kier molecular flexibility index (Phi) is 7.09. The molecule has 24 heavy (non-hydrogen) atoms. The van der Waals surface area contributed by atoms with Crippen LogP contribution in [0.5, 0.6) is 0 Å². The molecule has 1 aliphatic heterocycles. The second kappa shape index (κ2) is 9.30. The molecule has 0 unspecified atom stereocenters. The topological polar surface area (TPSA) is 61.4 Å². The van der Waals surface area contributed by atoms with Gasteiger partial charge in [0.1, 0.15) is 0 Å². The summed E-state index contributed by atoms with van der Waals surface area (Å²) < 4.78 is 0. The molecule has 2 amide bonds. The normalized spacial score (nSPS) is 14.5. The summed E-state index contributed by atoms with van der Waals surface area (Å²) in [6.07, 6.45) is 4.60. The maximum Gasteiger partial charge on any atom is 0.309 e. The van der Waals surface area contributed by atoms with E-state index in [2.05, 4.69) is 39.8 Å². The summed E-state index contributed by atoms with van der Waals surface area (Å²) in [5.41, 5.74) is 2.44. The number of amides is 2. The van der Waals surface area contributed by atoms with Gasteiger partial charge in [-0.25, -0.2) is 0 Å². The summed E-state index contributed by atoms with van der Waals surface area (Å²) >= 11 is 0. The van der Waals surface area contributed by atoms with Crippen LogP contribution in [-0.4, -0.2) is 38.0 Å². The molecule has 1 saturated heterocycles. The van der Waals surface area contributed by atoms with Crippen LogP contribution in [0.4, 0.5) is 5.69 Å². The second-order valence-electron chi connectivity index (χ2n) is 6.82. The molecule has 0 saturated carbocycles. The Labute approximate surface area is 144 Å². The molecule has 1 aromatic rings. The zero-order valence-corrected chi connectivity index (χ0v) is 14.8. The zero-order valence-electron chi connectivity index (χ0n) is 14.8.